The molecule has 4 heteroatoms. The Kier molecular flexibility index (Phi) is 4.12. The fraction of sp³-hybridized carbons (Fsp3) is 0.462. The summed E-state index contributed by atoms with van der Waals surface area (Å²) in [6.45, 7) is 2.70. The van der Waals surface area contributed by atoms with E-state index < -0.39 is 0 Å². The molecule has 0 fully saturated rings. The van der Waals surface area contributed by atoms with E-state index in [-0.39, 0.29) is 0 Å². The molecule has 4 nitrogen and oxygen atoms in total. The molecule has 3 N–H and O–H groups in total. The number of hydrogen-bond donors (Lipinski definition) is 2. The molecule has 0 aliphatic rings. The van der Waals surface area contributed by atoms with Crippen LogP contribution >= 0.6 is 0 Å². The van der Waals surface area contributed by atoms with Crippen LogP contribution in [0.1, 0.15) is 18.4 Å². The van der Waals surface area contributed by atoms with Crippen molar-refractivity contribution in [1.82, 2.24) is 14.9 Å². The summed E-state index contributed by atoms with van der Waals surface area (Å²) in [7, 11) is 2.01. The minimum absolute atomic E-state index is 0.779. The summed E-state index contributed by atoms with van der Waals surface area (Å²) in [6, 6.07) is 6.42. The van der Waals surface area contributed by atoms with Gasteiger partial charge in [-0.3, -0.25) is 0 Å². The molecule has 0 amide bonds. The SMILES string of the molecule is Cn1cnc2cc(CNCCCCN)ccc21. The molecule has 0 spiro atoms. The zero-order valence-electron chi connectivity index (χ0n) is 10.3. The Morgan fingerprint density at radius 1 is 1.35 bits per heavy atom. The highest BCUT2D eigenvalue weighted by Gasteiger charge is 2.00. The molecule has 2 aromatic rings. The number of hydrogen-bond acceptors (Lipinski definition) is 3. The van der Waals surface area contributed by atoms with E-state index in [9.17, 15) is 0 Å². The van der Waals surface area contributed by atoms with E-state index in [1.54, 1.807) is 0 Å². The lowest BCUT2D eigenvalue weighted by Crippen LogP contribution is -2.15. The molecule has 0 aliphatic carbocycles. The normalized spacial score (nSPS) is 11.2. The Labute approximate surface area is 102 Å². The third-order valence-electron chi connectivity index (χ3n) is 2.93. The van der Waals surface area contributed by atoms with Gasteiger partial charge in [-0.05, 0) is 43.6 Å². The lowest BCUT2D eigenvalue weighted by Gasteiger charge is -2.04. The second-order valence-electron chi connectivity index (χ2n) is 4.35. The molecule has 1 heterocycles. The van der Waals surface area contributed by atoms with Crippen LogP contribution < -0.4 is 11.1 Å². The third-order valence-corrected chi connectivity index (χ3v) is 2.93. The average molecular weight is 232 g/mol. The molecule has 0 aliphatic heterocycles. The van der Waals surface area contributed by atoms with Crippen molar-refractivity contribution in [3.05, 3.63) is 30.1 Å². The molecule has 2 rings (SSSR count). The van der Waals surface area contributed by atoms with Gasteiger partial charge in [-0.15, -0.1) is 0 Å². The van der Waals surface area contributed by atoms with Gasteiger partial charge in [0.2, 0.25) is 0 Å². The maximum Gasteiger partial charge on any atom is 0.0955 e. The highest BCUT2D eigenvalue weighted by Crippen LogP contribution is 2.13. The highest BCUT2D eigenvalue weighted by molar-refractivity contribution is 5.75. The van der Waals surface area contributed by atoms with E-state index in [2.05, 4.69) is 28.5 Å². The first-order valence-corrected chi connectivity index (χ1v) is 6.12. The van der Waals surface area contributed by atoms with Crippen LogP contribution in [0.4, 0.5) is 0 Å². The summed E-state index contributed by atoms with van der Waals surface area (Å²) in [5, 5.41) is 3.42. The van der Waals surface area contributed by atoms with Gasteiger partial charge in [-0.1, -0.05) is 6.07 Å². The van der Waals surface area contributed by atoms with E-state index in [0.29, 0.717) is 0 Å². The Morgan fingerprint density at radius 3 is 3.06 bits per heavy atom. The monoisotopic (exact) mass is 232 g/mol. The van der Waals surface area contributed by atoms with Crippen molar-refractivity contribution in [1.29, 1.82) is 0 Å². The van der Waals surface area contributed by atoms with Crippen molar-refractivity contribution < 1.29 is 0 Å². The number of nitrogens with one attached hydrogen (secondary N) is 1. The smallest absolute Gasteiger partial charge is 0.0955 e. The van der Waals surface area contributed by atoms with Gasteiger partial charge in [0.15, 0.2) is 0 Å². The fourth-order valence-corrected chi connectivity index (χ4v) is 1.92. The van der Waals surface area contributed by atoms with Crippen molar-refractivity contribution in [3.63, 3.8) is 0 Å². The largest absolute Gasteiger partial charge is 0.334 e. The fourth-order valence-electron chi connectivity index (χ4n) is 1.92. The topological polar surface area (TPSA) is 55.9 Å². The predicted octanol–water partition coefficient (Wildman–Crippen LogP) is 1.40. The number of benzene rings is 1. The summed E-state index contributed by atoms with van der Waals surface area (Å²) in [5.74, 6) is 0. The Hall–Kier alpha value is -1.39. The summed E-state index contributed by atoms with van der Waals surface area (Å²) in [4.78, 5) is 4.36. The molecule has 0 bridgehead atoms. The molecule has 0 atom stereocenters. The predicted molar refractivity (Wildman–Crippen MR) is 70.7 cm³/mol. The highest BCUT2D eigenvalue weighted by atomic mass is 15.0. The van der Waals surface area contributed by atoms with Gasteiger partial charge >= 0.3 is 0 Å². The van der Waals surface area contributed by atoms with Crippen LogP contribution in [0, 0.1) is 0 Å². The molecular formula is C13H20N4. The van der Waals surface area contributed by atoms with Crippen molar-refractivity contribution in [2.75, 3.05) is 13.1 Å². The van der Waals surface area contributed by atoms with Crippen molar-refractivity contribution in [2.24, 2.45) is 12.8 Å². The molecule has 0 unspecified atom stereocenters. The van der Waals surface area contributed by atoms with Crippen LogP contribution in [0.3, 0.4) is 0 Å². The lowest BCUT2D eigenvalue weighted by atomic mass is 10.2. The van der Waals surface area contributed by atoms with Gasteiger partial charge in [0.25, 0.3) is 0 Å². The Morgan fingerprint density at radius 2 is 2.24 bits per heavy atom. The number of nitrogens with zero attached hydrogens (tertiary/aromatic N) is 2. The zero-order chi connectivity index (χ0) is 12.1. The first kappa shape index (κ1) is 12.1. The average Bonchev–Trinajstić information content (AvgIpc) is 2.71. The Bertz CT molecular complexity index is 475. The van der Waals surface area contributed by atoms with Crippen molar-refractivity contribution in [2.45, 2.75) is 19.4 Å². The van der Waals surface area contributed by atoms with Crippen LogP contribution in [-0.2, 0) is 13.6 Å². The maximum atomic E-state index is 5.45. The number of aryl methyl sites for hydroxylation is 1. The molecule has 1 aromatic heterocycles. The third kappa shape index (κ3) is 3.05. The molecule has 0 saturated heterocycles. The van der Waals surface area contributed by atoms with E-state index >= 15 is 0 Å². The number of fused-ring (bicyclic) bond motifs is 1. The van der Waals surface area contributed by atoms with Crippen LogP contribution in [0.2, 0.25) is 0 Å². The van der Waals surface area contributed by atoms with Crippen molar-refractivity contribution in [3.8, 4) is 0 Å². The van der Waals surface area contributed by atoms with Gasteiger partial charge in [0.1, 0.15) is 0 Å². The summed E-state index contributed by atoms with van der Waals surface area (Å²) >= 11 is 0. The molecule has 0 saturated carbocycles. The van der Waals surface area contributed by atoms with Gasteiger partial charge in [0.05, 0.1) is 17.4 Å². The molecular weight excluding hydrogens is 212 g/mol. The number of aromatic nitrogens is 2. The van der Waals surface area contributed by atoms with Gasteiger partial charge in [-0.2, -0.15) is 0 Å². The summed E-state index contributed by atoms with van der Waals surface area (Å²) in [5.41, 5.74) is 8.97. The number of unbranched alkanes of at least 4 members (excludes halogenated alkanes) is 1. The van der Waals surface area contributed by atoms with Crippen LogP contribution in [0.25, 0.3) is 11.0 Å². The van der Waals surface area contributed by atoms with Gasteiger partial charge < -0.3 is 15.6 Å². The van der Waals surface area contributed by atoms with Crippen molar-refractivity contribution >= 4 is 11.0 Å². The van der Waals surface area contributed by atoms with E-state index in [1.807, 2.05) is 17.9 Å². The molecule has 0 radical (unpaired) electrons. The first-order valence-electron chi connectivity index (χ1n) is 6.12. The standard InChI is InChI=1S/C13H20N4/c1-17-10-16-12-8-11(4-5-13(12)17)9-15-7-3-2-6-14/h4-5,8,10,15H,2-3,6-7,9,14H2,1H3. The summed E-state index contributed by atoms with van der Waals surface area (Å²) in [6.07, 6.45) is 4.08. The lowest BCUT2D eigenvalue weighted by molar-refractivity contribution is 0.628. The van der Waals surface area contributed by atoms with E-state index in [4.69, 9.17) is 5.73 Å². The van der Waals surface area contributed by atoms with Crippen LogP contribution in [0.5, 0.6) is 0 Å². The van der Waals surface area contributed by atoms with E-state index in [1.165, 1.54) is 11.1 Å². The minimum atomic E-state index is 0.779. The van der Waals surface area contributed by atoms with Gasteiger partial charge in [-0.25, -0.2) is 4.98 Å². The Balaban J connectivity index is 1.91. The number of nitrogens with two attached hydrogens (primary N) is 1. The quantitative estimate of drug-likeness (QED) is 0.740. The molecule has 92 valence electrons. The van der Waals surface area contributed by atoms with Gasteiger partial charge in [0, 0.05) is 13.6 Å². The van der Waals surface area contributed by atoms with Crippen LogP contribution in [0.15, 0.2) is 24.5 Å². The zero-order valence-corrected chi connectivity index (χ0v) is 10.3. The second-order valence-corrected chi connectivity index (χ2v) is 4.35. The van der Waals surface area contributed by atoms with Crippen LogP contribution in [-0.4, -0.2) is 22.6 Å². The molecule has 17 heavy (non-hydrogen) atoms. The maximum absolute atomic E-state index is 5.45. The molecule has 1 aromatic carbocycles. The van der Waals surface area contributed by atoms with E-state index in [0.717, 1.165) is 38.0 Å². The summed E-state index contributed by atoms with van der Waals surface area (Å²) < 4.78 is 2.04. The first-order chi connectivity index (χ1) is 8.31. The second kappa shape index (κ2) is 5.80. The number of imidazole rings is 1. The minimum Gasteiger partial charge on any atom is -0.334 e. The number of rotatable bonds is 6.